The lowest BCUT2D eigenvalue weighted by Gasteiger charge is -1.98. The first-order valence-corrected chi connectivity index (χ1v) is 4.62. The van der Waals surface area contributed by atoms with Crippen LogP contribution in [0.4, 0.5) is 0 Å². The molecule has 2 rings (SSSR count). The first-order valence-electron chi connectivity index (χ1n) is 4.62. The van der Waals surface area contributed by atoms with Gasteiger partial charge in [-0.3, -0.25) is 4.79 Å². The average molecular weight is 176 g/mol. The predicted octanol–water partition coefficient (Wildman–Crippen LogP) is 2.81. The Bertz CT molecular complexity index is 320. The number of furan rings is 1. The van der Waals surface area contributed by atoms with E-state index in [0.29, 0.717) is 6.42 Å². The summed E-state index contributed by atoms with van der Waals surface area (Å²) in [6, 6.07) is 1.91. The summed E-state index contributed by atoms with van der Waals surface area (Å²) in [6.45, 7) is 0. The van der Waals surface area contributed by atoms with E-state index in [1.54, 1.807) is 18.6 Å². The Morgan fingerprint density at radius 3 is 2.85 bits per heavy atom. The number of carbonyl (C=O) groups is 1. The Kier molecular flexibility index (Phi) is 2.30. The maximum Gasteiger partial charge on any atom is 0.155 e. The van der Waals surface area contributed by atoms with Crippen LogP contribution >= 0.6 is 0 Å². The predicted molar refractivity (Wildman–Crippen MR) is 50.2 cm³/mol. The van der Waals surface area contributed by atoms with Crippen LogP contribution in [0.5, 0.6) is 0 Å². The molecule has 1 aromatic rings. The number of hydrogen-bond donors (Lipinski definition) is 0. The smallest absolute Gasteiger partial charge is 0.155 e. The van der Waals surface area contributed by atoms with Crippen molar-refractivity contribution in [3.63, 3.8) is 0 Å². The third-order valence-electron chi connectivity index (χ3n) is 2.35. The highest BCUT2D eigenvalue weighted by molar-refractivity contribution is 5.97. The van der Waals surface area contributed by atoms with E-state index in [2.05, 4.69) is 0 Å². The van der Waals surface area contributed by atoms with Gasteiger partial charge < -0.3 is 4.42 Å². The lowest BCUT2D eigenvalue weighted by molar-refractivity contribution is -0.114. The Balaban J connectivity index is 2.26. The second-order valence-corrected chi connectivity index (χ2v) is 3.36. The van der Waals surface area contributed by atoms with E-state index in [-0.39, 0.29) is 5.78 Å². The Morgan fingerprint density at radius 2 is 2.08 bits per heavy atom. The third-order valence-corrected chi connectivity index (χ3v) is 2.35. The molecule has 1 aromatic heterocycles. The second kappa shape index (κ2) is 3.60. The minimum absolute atomic E-state index is 0.244. The van der Waals surface area contributed by atoms with Crippen molar-refractivity contribution in [1.29, 1.82) is 0 Å². The van der Waals surface area contributed by atoms with Crippen molar-refractivity contribution in [3.05, 3.63) is 30.2 Å². The SMILES string of the molecule is O=C1C=C(c2ccoc2)CCCC1. The first kappa shape index (κ1) is 8.30. The van der Waals surface area contributed by atoms with Crippen molar-refractivity contribution in [3.8, 4) is 0 Å². The number of rotatable bonds is 1. The van der Waals surface area contributed by atoms with Crippen molar-refractivity contribution < 1.29 is 9.21 Å². The standard InChI is InChI=1S/C11H12O2/c12-11-4-2-1-3-9(7-11)10-5-6-13-8-10/h5-8H,1-4H2. The van der Waals surface area contributed by atoms with Gasteiger partial charge in [-0.1, -0.05) is 0 Å². The lowest BCUT2D eigenvalue weighted by atomic mass is 10.0. The average Bonchev–Trinajstić information content (AvgIpc) is 2.56. The maximum atomic E-state index is 11.3. The second-order valence-electron chi connectivity index (χ2n) is 3.36. The fraction of sp³-hybridized carbons (Fsp3) is 0.364. The topological polar surface area (TPSA) is 30.2 Å². The van der Waals surface area contributed by atoms with E-state index in [1.165, 1.54) is 0 Å². The van der Waals surface area contributed by atoms with Gasteiger partial charge in [-0.15, -0.1) is 0 Å². The van der Waals surface area contributed by atoms with Gasteiger partial charge in [-0.25, -0.2) is 0 Å². The van der Waals surface area contributed by atoms with Crippen LogP contribution in [0, 0.1) is 0 Å². The molecule has 0 saturated heterocycles. The van der Waals surface area contributed by atoms with Gasteiger partial charge in [-0.2, -0.15) is 0 Å². The van der Waals surface area contributed by atoms with Gasteiger partial charge >= 0.3 is 0 Å². The normalized spacial score (nSPS) is 18.2. The Hall–Kier alpha value is -1.31. The summed E-state index contributed by atoms with van der Waals surface area (Å²) in [4.78, 5) is 11.3. The lowest BCUT2D eigenvalue weighted by Crippen LogP contribution is -1.89. The summed E-state index contributed by atoms with van der Waals surface area (Å²) in [5.41, 5.74) is 2.17. The summed E-state index contributed by atoms with van der Waals surface area (Å²) < 4.78 is 4.99. The molecular weight excluding hydrogens is 164 g/mol. The van der Waals surface area contributed by atoms with Crippen molar-refractivity contribution in [2.24, 2.45) is 0 Å². The van der Waals surface area contributed by atoms with E-state index in [1.807, 2.05) is 6.07 Å². The number of ketones is 1. The molecule has 68 valence electrons. The Labute approximate surface area is 77.2 Å². The molecule has 0 radical (unpaired) electrons. The number of carbonyl (C=O) groups excluding carboxylic acids is 1. The van der Waals surface area contributed by atoms with Gasteiger partial charge in [0.25, 0.3) is 0 Å². The molecule has 0 atom stereocenters. The molecule has 0 spiro atoms. The van der Waals surface area contributed by atoms with Gasteiger partial charge in [0.05, 0.1) is 12.5 Å². The maximum absolute atomic E-state index is 11.3. The van der Waals surface area contributed by atoms with Crippen LogP contribution in [0.3, 0.4) is 0 Å². The van der Waals surface area contributed by atoms with E-state index < -0.39 is 0 Å². The van der Waals surface area contributed by atoms with Crippen LogP contribution in [0.15, 0.2) is 29.1 Å². The number of hydrogen-bond acceptors (Lipinski definition) is 2. The van der Waals surface area contributed by atoms with Crippen molar-refractivity contribution in [1.82, 2.24) is 0 Å². The minimum Gasteiger partial charge on any atom is -0.472 e. The van der Waals surface area contributed by atoms with E-state index >= 15 is 0 Å². The highest BCUT2D eigenvalue weighted by Crippen LogP contribution is 2.24. The molecule has 0 N–H and O–H groups in total. The highest BCUT2D eigenvalue weighted by Gasteiger charge is 2.10. The van der Waals surface area contributed by atoms with E-state index in [4.69, 9.17) is 4.42 Å². The van der Waals surface area contributed by atoms with Crippen LogP contribution < -0.4 is 0 Å². The quantitative estimate of drug-likeness (QED) is 0.658. The van der Waals surface area contributed by atoms with Crippen LogP contribution in [-0.4, -0.2) is 5.78 Å². The van der Waals surface area contributed by atoms with E-state index in [9.17, 15) is 4.79 Å². The fourth-order valence-electron chi connectivity index (χ4n) is 1.63. The molecule has 0 bridgehead atoms. The molecule has 0 unspecified atom stereocenters. The minimum atomic E-state index is 0.244. The largest absolute Gasteiger partial charge is 0.472 e. The fourth-order valence-corrected chi connectivity index (χ4v) is 1.63. The summed E-state index contributed by atoms with van der Waals surface area (Å²) in [5, 5.41) is 0. The molecule has 1 aliphatic carbocycles. The van der Waals surface area contributed by atoms with Gasteiger partial charge in [0.1, 0.15) is 0 Å². The van der Waals surface area contributed by atoms with Crippen LogP contribution in [0.2, 0.25) is 0 Å². The molecule has 0 saturated carbocycles. The zero-order chi connectivity index (χ0) is 9.10. The Morgan fingerprint density at radius 1 is 1.23 bits per heavy atom. The molecule has 0 amide bonds. The summed E-state index contributed by atoms with van der Waals surface area (Å²) in [7, 11) is 0. The molecule has 0 aliphatic heterocycles. The van der Waals surface area contributed by atoms with Crippen molar-refractivity contribution in [2.75, 3.05) is 0 Å². The molecule has 0 fully saturated rings. The number of allylic oxidation sites excluding steroid dienone is 2. The zero-order valence-electron chi connectivity index (χ0n) is 7.45. The van der Waals surface area contributed by atoms with Crippen LogP contribution in [0.25, 0.3) is 5.57 Å². The molecule has 1 aliphatic rings. The summed E-state index contributed by atoms with van der Waals surface area (Å²) in [6.07, 6.45) is 8.90. The van der Waals surface area contributed by atoms with Crippen molar-refractivity contribution >= 4 is 11.4 Å². The van der Waals surface area contributed by atoms with Gasteiger partial charge in [0, 0.05) is 12.0 Å². The van der Waals surface area contributed by atoms with Gasteiger partial charge in [-0.05, 0) is 37.0 Å². The molecule has 0 aromatic carbocycles. The molecule has 1 heterocycles. The molecule has 2 nitrogen and oxygen atoms in total. The molecule has 2 heteroatoms. The summed E-state index contributed by atoms with van der Waals surface area (Å²) >= 11 is 0. The molecule has 13 heavy (non-hydrogen) atoms. The third kappa shape index (κ3) is 1.89. The molecular formula is C11H12O2. The van der Waals surface area contributed by atoms with E-state index in [0.717, 1.165) is 30.4 Å². The summed E-state index contributed by atoms with van der Waals surface area (Å²) in [5.74, 6) is 0.244. The van der Waals surface area contributed by atoms with Gasteiger partial charge in [0.2, 0.25) is 0 Å². The highest BCUT2D eigenvalue weighted by atomic mass is 16.3. The van der Waals surface area contributed by atoms with Crippen LogP contribution in [0.1, 0.15) is 31.2 Å². The zero-order valence-corrected chi connectivity index (χ0v) is 7.45. The van der Waals surface area contributed by atoms with Gasteiger partial charge in [0.15, 0.2) is 5.78 Å². The first-order chi connectivity index (χ1) is 6.36. The van der Waals surface area contributed by atoms with Crippen molar-refractivity contribution in [2.45, 2.75) is 25.7 Å². The monoisotopic (exact) mass is 176 g/mol. The van der Waals surface area contributed by atoms with Crippen LogP contribution in [-0.2, 0) is 4.79 Å².